The number of para-hydroxylation sites is 1. The molecule has 1 N–H and O–H groups in total. The summed E-state index contributed by atoms with van der Waals surface area (Å²) in [6.07, 6.45) is 2.23. The van der Waals surface area contributed by atoms with E-state index < -0.39 is 0 Å². The number of anilines is 1. The maximum Gasteiger partial charge on any atom is 0.269 e. The molecule has 1 heterocycles. The van der Waals surface area contributed by atoms with Crippen LogP contribution in [0.2, 0.25) is 0 Å². The summed E-state index contributed by atoms with van der Waals surface area (Å²) >= 11 is 0. The van der Waals surface area contributed by atoms with Gasteiger partial charge in [-0.3, -0.25) is 10.1 Å². The molecule has 6 heteroatoms. The molecule has 0 saturated carbocycles. The fourth-order valence-electron chi connectivity index (χ4n) is 2.53. The van der Waals surface area contributed by atoms with Crippen LogP contribution in [0, 0.1) is 17.0 Å². The highest BCUT2D eigenvalue weighted by molar-refractivity contribution is 5.90. The molecular weight excluding hydrogens is 292 g/mol. The van der Waals surface area contributed by atoms with E-state index in [-0.39, 0.29) is 10.6 Å². The Balaban J connectivity index is 1.73. The van der Waals surface area contributed by atoms with Crippen molar-refractivity contribution >= 4 is 22.4 Å². The van der Waals surface area contributed by atoms with E-state index in [0.29, 0.717) is 13.0 Å². The standard InChI is InChI=1S/C17H16N4O2/c1-12-4-2-7-15-16(12)19-11-20-17(15)18-9-8-13-5-3-6-14(10-13)21(22)23/h2-7,10-11H,8-9H2,1H3,(H,18,19,20). The van der Waals surface area contributed by atoms with Gasteiger partial charge in [-0.2, -0.15) is 0 Å². The van der Waals surface area contributed by atoms with E-state index in [1.54, 1.807) is 18.5 Å². The zero-order valence-corrected chi connectivity index (χ0v) is 12.7. The molecule has 0 bridgehead atoms. The molecule has 0 fully saturated rings. The molecule has 0 aliphatic carbocycles. The maximum absolute atomic E-state index is 10.8. The Morgan fingerprint density at radius 2 is 2.00 bits per heavy atom. The van der Waals surface area contributed by atoms with Crippen molar-refractivity contribution in [1.29, 1.82) is 0 Å². The first kappa shape index (κ1) is 14.9. The number of aryl methyl sites for hydroxylation is 1. The minimum absolute atomic E-state index is 0.116. The summed E-state index contributed by atoms with van der Waals surface area (Å²) in [5.74, 6) is 0.782. The summed E-state index contributed by atoms with van der Waals surface area (Å²) < 4.78 is 0. The summed E-state index contributed by atoms with van der Waals surface area (Å²) in [6, 6.07) is 12.7. The van der Waals surface area contributed by atoms with Gasteiger partial charge in [0.15, 0.2) is 0 Å². The zero-order valence-electron chi connectivity index (χ0n) is 12.7. The van der Waals surface area contributed by atoms with E-state index in [0.717, 1.165) is 27.8 Å². The number of rotatable bonds is 5. The number of non-ortho nitro benzene ring substituents is 1. The molecule has 0 spiro atoms. The van der Waals surface area contributed by atoms with E-state index in [9.17, 15) is 10.1 Å². The van der Waals surface area contributed by atoms with Gasteiger partial charge >= 0.3 is 0 Å². The third kappa shape index (κ3) is 3.26. The largest absolute Gasteiger partial charge is 0.369 e. The molecule has 0 saturated heterocycles. The average Bonchev–Trinajstić information content (AvgIpc) is 2.56. The van der Waals surface area contributed by atoms with E-state index in [4.69, 9.17) is 0 Å². The molecule has 0 radical (unpaired) electrons. The zero-order chi connectivity index (χ0) is 16.2. The number of nitro groups is 1. The molecule has 3 aromatic rings. The van der Waals surface area contributed by atoms with E-state index in [1.807, 2.05) is 31.2 Å². The fourth-order valence-corrected chi connectivity index (χ4v) is 2.53. The Labute approximate surface area is 133 Å². The Hall–Kier alpha value is -3.02. The highest BCUT2D eigenvalue weighted by atomic mass is 16.6. The first-order valence-electron chi connectivity index (χ1n) is 7.32. The van der Waals surface area contributed by atoms with Crippen LogP contribution in [0.1, 0.15) is 11.1 Å². The quantitative estimate of drug-likeness (QED) is 0.576. The highest BCUT2D eigenvalue weighted by Gasteiger charge is 2.07. The summed E-state index contributed by atoms with van der Waals surface area (Å²) in [5.41, 5.74) is 3.07. The monoisotopic (exact) mass is 308 g/mol. The van der Waals surface area contributed by atoms with Gasteiger partial charge in [0.25, 0.3) is 5.69 Å². The number of benzene rings is 2. The van der Waals surface area contributed by atoms with Gasteiger partial charge in [0.2, 0.25) is 0 Å². The van der Waals surface area contributed by atoms with Gasteiger partial charge in [-0.25, -0.2) is 9.97 Å². The second kappa shape index (κ2) is 6.39. The van der Waals surface area contributed by atoms with Crippen LogP contribution in [-0.4, -0.2) is 21.4 Å². The molecule has 116 valence electrons. The van der Waals surface area contributed by atoms with Crippen molar-refractivity contribution in [1.82, 2.24) is 9.97 Å². The number of fused-ring (bicyclic) bond motifs is 1. The first-order valence-corrected chi connectivity index (χ1v) is 7.32. The van der Waals surface area contributed by atoms with Gasteiger partial charge in [0.1, 0.15) is 12.1 Å². The Morgan fingerprint density at radius 3 is 2.83 bits per heavy atom. The maximum atomic E-state index is 10.8. The average molecular weight is 308 g/mol. The van der Waals surface area contributed by atoms with Crippen LogP contribution in [0.25, 0.3) is 10.9 Å². The molecule has 0 aliphatic rings. The van der Waals surface area contributed by atoms with Gasteiger partial charge in [0.05, 0.1) is 10.4 Å². The lowest BCUT2D eigenvalue weighted by molar-refractivity contribution is -0.384. The van der Waals surface area contributed by atoms with Crippen molar-refractivity contribution in [3.05, 3.63) is 70.0 Å². The van der Waals surface area contributed by atoms with Gasteiger partial charge in [-0.15, -0.1) is 0 Å². The van der Waals surface area contributed by atoms with E-state index >= 15 is 0 Å². The van der Waals surface area contributed by atoms with Gasteiger partial charge < -0.3 is 5.32 Å². The summed E-state index contributed by atoms with van der Waals surface area (Å²) in [7, 11) is 0. The van der Waals surface area contributed by atoms with Crippen LogP contribution in [-0.2, 0) is 6.42 Å². The normalized spacial score (nSPS) is 10.7. The SMILES string of the molecule is Cc1cccc2c(NCCc3cccc([N+](=O)[O-])c3)ncnc12. The summed E-state index contributed by atoms with van der Waals surface area (Å²) in [4.78, 5) is 19.0. The second-order valence-electron chi connectivity index (χ2n) is 5.30. The molecule has 0 atom stereocenters. The van der Waals surface area contributed by atoms with Crippen molar-refractivity contribution in [3.63, 3.8) is 0 Å². The van der Waals surface area contributed by atoms with Crippen LogP contribution >= 0.6 is 0 Å². The number of nitrogens with zero attached hydrogens (tertiary/aromatic N) is 3. The van der Waals surface area contributed by atoms with Crippen molar-refractivity contribution < 1.29 is 4.92 Å². The van der Waals surface area contributed by atoms with Crippen LogP contribution in [0.4, 0.5) is 11.5 Å². The first-order chi connectivity index (χ1) is 11.1. The predicted molar refractivity (Wildman–Crippen MR) is 89.6 cm³/mol. The molecule has 0 unspecified atom stereocenters. The van der Waals surface area contributed by atoms with Crippen molar-refractivity contribution in [3.8, 4) is 0 Å². The van der Waals surface area contributed by atoms with E-state index in [1.165, 1.54) is 6.07 Å². The minimum Gasteiger partial charge on any atom is -0.369 e. The number of nitro benzene ring substituents is 1. The molecular formula is C17H16N4O2. The molecule has 0 aliphatic heterocycles. The third-order valence-electron chi connectivity index (χ3n) is 3.69. The molecule has 23 heavy (non-hydrogen) atoms. The van der Waals surface area contributed by atoms with Gasteiger partial charge in [-0.1, -0.05) is 24.3 Å². The number of hydrogen-bond donors (Lipinski definition) is 1. The fraction of sp³-hybridized carbons (Fsp3) is 0.176. The Kier molecular flexibility index (Phi) is 4.14. The van der Waals surface area contributed by atoms with Crippen LogP contribution in [0.3, 0.4) is 0 Å². The molecule has 2 aromatic carbocycles. The predicted octanol–water partition coefficient (Wildman–Crippen LogP) is 3.50. The Bertz CT molecular complexity index is 864. The lowest BCUT2D eigenvalue weighted by Crippen LogP contribution is -2.07. The summed E-state index contributed by atoms with van der Waals surface area (Å²) in [5, 5.41) is 15.1. The van der Waals surface area contributed by atoms with Crippen LogP contribution in [0.5, 0.6) is 0 Å². The number of nitrogens with one attached hydrogen (secondary N) is 1. The van der Waals surface area contributed by atoms with Gasteiger partial charge in [-0.05, 0) is 30.5 Å². The van der Waals surface area contributed by atoms with Crippen molar-refractivity contribution in [2.75, 3.05) is 11.9 Å². The Morgan fingerprint density at radius 1 is 1.17 bits per heavy atom. The molecule has 6 nitrogen and oxygen atoms in total. The van der Waals surface area contributed by atoms with Crippen LogP contribution in [0.15, 0.2) is 48.8 Å². The number of hydrogen-bond acceptors (Lipinski definition) is 5. The lowest BCUT2D eigenvalue weighted by atomic mass is 10.1. The van der Waals surface area contributed by atoms with E-state index in [2.05, 4.69) is 15.3 Å². The molecule has 1 aromatic heterocycles. The topological polar surface area (TPSA) is 81.0 Å². The van der Waals surface area contributed by atoms with Crippen molar-refractivity contribution in [2.24, 2.45) is 0 Å². The van der Waals surface area contributed by atoms with Gasteiger partial charge in [0, 0.05) is 24.1 Å². The molecule has 3 rings (SSSR count). The van der Waals surface area contributed by atoms with Crippen LogP contribution < -0.4 is 5.32 Å². The second-order valence-corrected chi connectivity index (χ2v) is 5.30. The summed E-state index contributed by atoms with van der Waals surface area (Å²) in [6.45, 7) is 2.66. The highest BCUT2D eigenvalue weighted by Crippen LogP contribution is 2.21. The van der Waals surface area contributed by atoms with Crippen molar-refractivity contribution in [2.45, 2.75) is 13.3 Å². The smallest absolute Gasteiger partial charge is 0.269 e. The number of aromatic nitrogens is 2. The third-order valence-corrected chi connectivity index (χ3v) is 3.69. The molecule has 0 amide bonds. The lowest BCUT2D eigenvalue weighted by Gasteiger charge is -2.09. The minimum atomic E-state index is -0.377.